The predicted molar refractivity (Wildman–Crippen MR) is 238 cm³/mol. The second kappa shape index (κ2) is 25.8. The molecular formula is C42H60N8O11S2. The number of nitrogens with one attached hydrogen (secondary N) is 7. The van der Waals surface area contributed by atoms with E-state index in [-0.39, 0.29) is 30.9 Å². The van der Waals surface area contributed by atoms with Gasteiger partial charge >= 0.3 is 0 Å². The van der Waals surface area contributed by atoms with Crippen molar-refractivity contribution in [3.63, 3.8) is 0 Å². The fraction of sp³-hybridized carbons (Fsp3) is 0.524. The highest BCUT2D eigenvalue weighted by Crippen LogP contribution is 2.17. The van der Waals surface area contributed by atoms with Crippen molar-refractivity contribution >= 4 is 70.0 Å². The van der Waals surface area contributed by atoms with Gasteiger partial charge in [-0.25, -0.2) is 0 Å². The summed E-state index contributed by atoms with van der Waals surface area (Å²) in [6.45, 7) is 5.19. The number of phenolic OH excluding ortho intramolecular Hbond substituents is 1. The Morgan fingerprint density at radius 1 is 0.841 bits per heavy atom. The largest absolute Gasteiger partial charge is 0.508 e. The average Bonchev–Trinajstić information content (AvgIpc) is 3.25. The number of carbonyl (C=O) groups is 8. The first kappa shape index (κ1) is 52.1. The molecule has 1 heterocycles. The quantitative estimate of drug-likeness (QED) is 0.0850. The van der Waals surface area contributed by atoms with E-state index in [0.717, 1.165) is 0 Å². The third-order valence-corrected chi connectivity index (χ3v) is 12.0. The topological polar surface area (TPSA) is 307 Å². The lowest BCUT2D eigenvalue weighted by molar-refractivity contribution is -0.136. The molecule has 12 N–H and O–H groups in total. The van der Waals surface area contributed by atoms with Crippen LogP contribution in [0, 0.1) is 5.92 Å². The number of rotatable bonds is 17. The number of carbonyl (C=O) groups excluding carboxylic acids is 8. The summed E-state index contributed by atoms with van der Waals surface area (Å²) >= 11 is 2.04. The minimum absolute atomic E-state index is 0.00756. The van der Waals surface area contributed by atoms with E-state index in [9.17, 15) is 53.7 Å². The zero-order chi connectivity index (χ0) is 46.8. The number of hydrogen-bond donors (Lipinski definition) is 11. The van der Waals surface area contributed by atoms with Crippen molar-refractivity contribution in [2.45, 2.75) is 108 Å². The Labute approximate surface area is 375 Å². The normalized spacial score (nSPS) is 22.7. The van der Waals surface area contributed by atoms with Crippen LogP contribution in [0.3, 0.4) is 0 Å². The van der Waals surface area contributed by atoms with Crippen molar-refractivity contribution < 1.29 is 53.7 Å². The molecule has 7 amide bonds. The van der Waals surface area contributed by atoms with Crippen LogP contribution in [0.4, 0.5) is 0 Å². The van der Waals surface area contributed by atoms with E-state index in [1.54, 1.807) is 49.4 Å². The highest BCUT2D eigenvalue weighted by molar-refractivity contribution is 8.13. The Balaban J connectivity index is 1.89. The molecule has 21 heteroatoms. The molecule has 0 bridgehead atoms. The van der Waals surface area contributed by atoms with Crippen molar-refractivity contribution in [3.05, 3.63) is 65.7 Å². The van der Waals surface area contributed by atoms with Gasteiger partial charge < -0.3 is 58.3 Å². The van der Waals surface area contributed by atoms with Crippen LogP contribution in [0.1, 0.15) is 51.7 Å². The summed E-state index contributed by atoms with van der Waals surface area (Å²) in [5, 5.41) is 47.3. The number of aliphatic hydroxyl groups excluding tert-OH is 2. The maximum atomic E-state index is 13.9. The van der Waals surface area contributed by atoms with Crippen LogP contribution in [0.15, 0.2) is 54.6 Å². The Morgan fingerprint density at radius 2 is 1.49 bits per heavy atom. The summed E-state index contributed by atoms with van der Waals surface area (Å²) in [4.78, 5) is 109. The minimum atomic E-state index is -1.77. The summed E-state index contributed by atoms with van der Waals surface area (Å²) in [5.41, 5.74) is 7.31. The molecule has 2 aromatic rings. The number of hydrogen-bond acceptors (Lipinski definition) is 14. The van der Waals surface area contributed by atoms with Crippen molar-refractivity contribution in [2.24, 2.45) is 11.7 Å². The molecule has 1 saturated heterocycles. The Morgan fingerprint density at radius 3 is 2.10 bits per heavy atom. The lowest BCUT2D eigenvalue weighted by Gasteiger charge is -2.30. The van der Waals surface area contributed by atoms with Crippen LogP contribution in [0.5, 0.6) is 5.75 Å². The van der Waals surface area contributed by atoms with E-state index in [0.29, 0.717) is 35.1 Å². The fourth-order valence-corrected chi connectivity index (χ4v) is 7.67. The number of aliphatic hydroxyl groups is 2. The smallest absolute Gasteiger partial charge is 0.245 e. The molecule has 0 aromatic heterocycles. The molecule has 2 aromatic carbocycles. The summed E-state index contributed by atoms with van der Waals surface area (Å²) in [5.74, 6) is -6.38. The van der Waals surface area contributed by atoms with E-state index in [2.05, 4.69) is 37.2 Å². The molecule has 0 saturated carbocycles. The maximum Gasteiger partial charge on any atom is 0.245 e. The van der Waals surface area contributed by atoms with Crippen molar-refractivity contribution in [2.75, 3.05) is 24.4 Å². The number of aromatic hydroxyl groups is 1. The highest BCUT2D eigenvalue weighted by atomic mass is 32.2. The van der Waals surface area contributed by atoms with Gasteiger partial charge in [0.1, 0.15) is 42.0 Å². The predicted octanol–water partition coefficient (Wildman–Crippen LogP) is -1.64. The first-order valence-electron chi connectivity index (χ1n) is 20.5. The third-order valence-electron chi connectivity index (χ3n) is 10.3. The van der Waals surface area contributed by atoms with Crippen molar-refractivity contribution in [3.8, 4) is 5.75 Å². The van der Waals surface area contributed by atoms with Gasteiger partial charge in [0.25, 0.3) is 0 Å². The van der Waals surface area contributed by atoms with Crippen LogP contribution >= 0.6 is 23.5 Å². The van der Waals surface area contributed by atoms with Gasteiger partial charge in [0.2, 0.25) is 46.5 Å². The molecule has 0 spiro atoms. The molecule has 0 aliphatic carbocycles. The second-order valence-corrected chi connectivity index (χ2v) is 17.3. The second-order valence-electron chi connectivity index (χ2n) is 15.3. The van der Waals surface area contributed by atoms with Gasteiger partial charge in [0, 0.05) is 12.2 Å². The standard InChI is InChI=1S/C42H60N8O11S2/c1-6-22(2)33-40(59)45-29(16-17-62-5)42(61)63-21-32(39(58)44-23(3)35(54)46-30(37(56)49-33)19-25-10-8-7-9-11-25)48-41(60)34(24(4)52)50-38(57)31(20-51)47-36(55)28(43)18-26-12-14-27(53)15-13-26/h7-15,22-24,28-34,51-53H,6,16-21,43H2,1-5H3,(H,44,58)(H,45,59)(H,46,54)(H,47,55)(H,48,60)(H,49,56)(H,50,57)/t22-,23-,24+,28-,29-,30-,31-,32-,33-,34-/m0/s1. The Hall–Kier alpha value is -5.22. The van der Waals surface area contributed by atoms with Gasteiger partial charge in [-0.1, -0.05) is 74.5 Å². The number of thioether (sulfide) groups is 2. The van der Waals surface area contributed by atoms with Crippen LogP contribution in [0.25, 0.3) is 0 Å². The summed E-state index contributed by atoms with van der Waals surface area (Å²) in [6.07, 6.45) is 0.924. The molecule has 3 rings (SSSR count). The molecule has 10 atom stereocenters. The molecule has 0 radical (unpaired) electrons. The van der Waals surface area contributed by atoms with Gasteiger partial charge in [-0.3, -0.25) is 38.4 Å². The third kappa shape index (κ3) is 16.4. The van der Waals surface area contributed by atoms with E-state index >= 15 is 0 Å². The molecule has 346 valence electrons. The number of benzene rings is 2. The summed E-state index contributed by atoms with van der Waals surface area (Å²) in [6, 6.07) is 3.91. The summed E-state index contributed by atoms with van der Waals surface area (Å²) < 4.78 is 0. The molecule has 1 aliphatic heterocycles. The zero-order valence-corrected chi connectivity index (χ0v) is 37.6. The van der Waals surface area contributed by atoms with Crippen molar-refractivity contribution in [1.29, 1.82) is 0 Å². The highest BCUT2D eigenvalue weighted by Gasteiger charge is 2.37. The minimum Gasteiger partial charge on any atom is -0.508 e. The van der Waals surface area contributed by atoms with Gasteiger partial charge in [-0.15, -0.1) is 0 Å². The van der Waals surface area contributed by atoms with Gasteiger partial charge in [0.15, 0.2) is 0 Å². The lowest BCUT2D eigenvalue weighted by Crippen LogP contribution is -2.62. The van der Waals surface area contributed by atoms with Gasteiger partial charge in [0.05, 0.1) is 24.8 Å². The number of phenols is 1. The molecule has 63 heavy (non-hydrogen) atoms. The molecule has 1 aliphatic rings. The van der Waals surface area contributed by atoms with Gasteiger partial charge in [-0.05, 0) is 67.9 Å². The van der Waals surface area contributed by atoms with Crippen LogP contribution in [-0.2, 0) is 51.2 Å². The zero-order valence-electron chi connectivity index (χ0n) is 35.9. The first-order chi connectivity index (χ1) is 29.9. The van der Waals surface area contributed by atoms with Crippen molar-refractivity contribution in [1.82, 2.24) is 37.2 Å². The van der Waals surface area contributed by atoms with Crippen LogP contribution in [0.2, 0.25) is 0 Å². The Kier molecular flexibility index (Phi) is 21.3. The monoisotopic (exact) mass is 916 g/mol. The maximum absolute atomic E-state index is 13.9. The fourth-order valence-electron chi connectivity index (χ4n) is 6.26. The molecule has 19 nitrogen and oxygen atoms in total. The van der Waals surface area contributed by atoms with E-state index in [1.807, 2.05) is 13.2 Å². The first-order valence-corrected chi connectivity index (χ1v) is 22.9. The average molecular weight is 917 g/mol. The van der Waals surface area contributed by atoms with E-state index in [1.165, 1.54) is 37.7 Å². The van der Waals surface area contributed by atoms with Crippen LogP contribution < -0.4 is 43.0 Å². The molecule has 0 unspecified atom stereocenters. The molecule has 1 fully saturated rings. The number of nitrogens with two attached hydrogens (primary N) is 1. The number of amides is 7. The molecular weight excluding hydrogens is 857 g/mol. The van der Waals surface area contributed by atoms with Crippen LogP contribution in [-0.4, -0.2) is 141 Å². The van der Waals surface area contributed by atoms with E-state index < -0.39 is 113 Å². The Bertz CT molecular complexity index is 1890. The van der Waals surface area contributed by atoms with Gasteiger partial charge in [-0.2, -0.15) is 11.8 Å². The summed E-state index contributed by atoms with van der Waals surface area (Å²) in [7, 11) is 0. The SMILES string of the molecule is CC[C@H](C)[C@@H]1NC(=O)[C@H](Cc2ccccc2)NC(=O)[C@H](C)NC(=O)[C@@H](NC(=O)[C@@H](NC(=O)[C@H](CO)NC(=O)[C@@H](N)Cc2ccc(O)cc2)[C@@H](C)O)CSC(=O)[C@H](CCSC)NC1=O. The lowest BCUT2D eigenvalue weighted by atomic mass is 9.96. The van der Waals surface area contributed by atoms with E-state index in [4.69, 9.17) is 5.73 Å².